The van der Waals surface area contributed by atoms with Crippen molar-refractivity contribution in [2.24, 2.45) is 5.73 Å². The average Bonchev–Trinajstić information content (AvgIpc) is 3.41. The van der Waals surface area contributed by atoms with Crippen LogP contribution in [0.1, 0.15) is 44.4 Å². The number of rotatable bonds is 7. The maximum atomic E-state index is 12.9. The summed E-state index contributed by atoms with van der Waals surface area (Å²) in [4.78, 5) is 29.5. The van der Waals surface area contributed by atoms with E-state index in [0.29, 0.717) is 23.6 Å². The molecule has 186 valence electrons. The number of pyridine rings is 1. The molecule has 3 aromatic heterocycles. The molecule has 0 saturated carbocycles. The first kappa shape index (κ1) is 25.7. The van der Waals surface area contributed by atoms with Crippen LogP contribution in [0.25, 0.3) is 16.6 Å². The number of hydrogen-bond acceptors (Lipinski definition) is 6. The molecule has 0 aliphatic carbocycles. The van der Waals surface area contributed by atoms with Crippen molar-refractivity contribution in [2.45, 2.75) is 45.9 Å². The van der Waals surface area contributed by atoms with E-state index in [9.17, 15) is 9.59 Å². The van der Waals surface area contributed by atoms with Crippen LogP contribution in [0.15, 0.2) is 48.7 Å². The molecule has 0 unspecified atom stereocenters. The van der Waals surface area contributed by atoms with E-state index in [2.05, 4.69) is 20.5 Å². The summed E-state index contributed by atoms with van der Waals surface area (Å²) in [5.41, 5.74) is 8.27. The molecule has 2 amide bonds. The fraction of sp³-hybridized carbons (Fsp3) is 0.360. The van der Waals surface area contributed by atoms with Crippen molar-refractivity contribution in [1.29, 1.82) is 0 Å². The number of hydrogen-bond donors (Lipinski definition) is 3. The summed E-state index contributed by atoms with van der Waals surface area (Å²) in [5.74, 6) is 0.208. The third-order valence-corrected chi connectivity index (χ3v) is 5.54. The number of aromatic amines is 1. The normalized spacial score (nSPS) is 12.3. The van der Waals surface area contributed by atoms with Crippen molar-refractivity contribution in [3.8, 4) is 0 Å². The molecule has 0 spiro atoms. The number of nitrogens with zero attached hydrogens (tertiary/aromatic N) is 4. The standard InChI is InChI=1S/C24H29N7O3.CH4/c1-24(2,25)22(32)27-19(12-15-13-26-18-10-6-5-9-17(15)18)21-29-28-20-11-7-8-16(31(20)21)14-34-23(33)30(3)4;/h5-11,13,19,26H,12,14,25H2,1-4H3,(H,27,32);1H4/t19-;/m1./s1. The first-order valence-corrected chi connectivity index (χ1v) is 11.0. The van der Waals surface area contributed by atoms with Gasteiger partial charge in [0.25, 0.3) is 0 Å². The van der Waals surface area contributed by atoms with Crippen LogP contribution in [-0.2, 0) is 22.6 Å². The Bertz CT molecular complexity index is 1330. The highest BCUT2D eigenvalue weighted by Crippen LogP contribution is 2.25. The SMILES string of the molecule is C.CN(C)C(=O)OCc1cccc2nnc([C@@H](Cc3c[nH]c4ccccc34)NC(=O)C(C)(C)N)n12. The third kappa shape index (κ3) is 5.43. The minimum absolute atomic E-state index is 0. The molecule has 0 aliphatic rings. The highest BCUT2D eigenvalue weighted by molar-refractivity contribution is 5.86. The molecule has 4 aromatic rings. The zero-order valence-corrected chi connectivity index (χ0v) is 19.7. The first-order chi connectivity index (χ1) is 16.1. The Morgan fingerprint density at radius 1 is 1.17 bits per heavy atom. The topological polar surface area (TPSA) is 131 Å². The lowest BCUT2D eigenvalue weighted by atomic mass is 10.0. The smallest absolute Gasteiger partial charge is 0.409 e. The Hall–Kier alpha value is -3.92. The van der Waals surface area contributed by atoms with Crippen molar-refractivity contribution in [3.05, 3.63) is 65.7 Å². The van der Waals surface area contributed by atoms with E-state index in [1.807, 2.05) is 53.1 Å². The van der Waals surface area contributed by atoms with Crippen molar-refractivity contribution < 1.29 is 14.3 Å². The van der Waals surface area contributed by atoms with Gasteiger partial charge in [-0.05, 0) is 37.6 Å². The second-order valence-electron chi connectivity index (χ2n) is 9.03. The molecule has 35 heavy (non-hydrogen) atoms. The minimum atomic E-state index is -1.08. The van der Waals surface area contributed by atoms with E-state index in [1.54, 1.807) is 27.9 Å². The van der Waals surface area contributed by atoms with Gasteiger partial charge in [0.1, 0.15) is 6.61 Å². The quantitative estimate of drug-likeness (QED) is 0.373. The number of nitrogens with two attached hydrogens (primary N) is 1. The number of fused-ring (bicyclic) bond motifs is 2. The number of aromatic nitrogens is 4. The van der Waals surface area contributed by atoms with Gasteiger partial charge in [0.15, 0.2) is 11.5 Å². The zero-order chi connectivity index (χ0) is 24.5. The van der Waals surface area contributed by atoms with Gasteiger partial charge in [0, 0.05) is 37.6 Å². The Balaban J connectivity index is 0.00000342. The van der Waals surface area contributed by atoms with E-state index >= 15 is 0 Å². The molecule has 0 radical (unpaired) electrons. The molecule has 1 atom stereocenters. The zero-order valence-electron chi connectivity index (χ0n) is 19.7. The van der Waals surface area contributed by atoms with Crippen molar-refractivity contribution in [3.63, 3.8) is 0 Å². The van der Waals surface area contributed by atoms with Crippen molar-refractivity contribution in [1.82, 2.24) is 29.8 Å². The molecular weight excluding hydrogens is 446 g/mol. The van der Waals surface area contributed by atoms with Crippen LogP contribution in [0.3, 0.4) is 0 Å². The summed E-state index contributed by atoms with van der Waals surface area (Å²) >= 11 is 0. The molecule has 10 heteroatoms. The van der Waals surface area contributed by atoms with E-state index in [4.69, 9.17) is 10.5 Å². The number of amides is 2. The largest absolute Gasteiger partial charge is 0.443 e. The summed E-state index contributed by atoms with van der Waals surface area (Å²) < 4.78 is 7.21. The van der Waals surface area contributed by atoms with Crippen molar-refractivity contribution in [2.75, 3.05) is 14.1 Å². The van der Waals surface area contributed by atoms with Gasteiger partial charge >= 0.3 is 6.09 Å². The molecule has 0 aliphatic heterocycles. The number of benzene rings is 1. The number of carbonyl (C=O) groups is 2. The second-order valence-corrected chi connectivity index (χ2v) is 9.03. The van der Waals surface area contributed by atoms with Gasteiger partial charge in [-0.15, -0.1) is 10.2 Å². The highest BCUT2D eigenvalue weighted by atomic mass is 16.6. The molecule has 1 aromatic carbocycles. The van der Waals surface area contributed by atoms with Gasteiger partial charge in [0.05, 0.1) is 17.3 Å². The van der Waals surface area contributed by atoms with Crippen LogP contribution in [-0.4, -0.2) is 56.1 Å². The highest BCUT2D eigenvalue weighted by Gasteiger charge is 2.29. The van der Waals surface area contributed by atoms with Gasteiger partial charge in [-0.1, -0.05) is 31.7 Å². The first-order valence-electron chi connectivity index (χ1n) is 11.0. The molecule has 3 heterocycles. The molecule has 0 fully saturated rings. The predicted molar refractivity (Wildman–Crippen MR) is 135 cm³/mol. The summed E-state index contributed by atoms with van der Waals surface area (Å²) in [5, 5.41) is 12.8. The summed E-state index contributed by atoms with van der Waals surface area (Å²) in [6.07, 6.45) is 1.93. The van der Waals surface area contributed by atoms with E-state index in [-0.39, 0.29) is 19.9 Å². The van der Waals surface area contributed by atoms with Crippen molar-refractivity contribution >= 4 is 28.6 Å². The Morgan fingerprint density at radius 3 is 2.63 bits per heavy atom. The number of H-pyrrole nitrogens is 1. The molecule has 0 bridgehead atoms. The fourth-order valence-electron chi connectivity index (χ4n) is 3.71. The summed E-state index contributed by atoms with van der Waals surface area (Å²) in [7, 11) is 3.24. The number of carbonyl (C=O) groups excluding carboxylic acids is 2. The lowest BCUT2D eigenvalue weighted by molar-refractivity contribution is -0.126. The predicted octanol–water partition coefficient (Wildman–Crippen LogP) is 3.18. The minimum Gasteiger partial charge on any atom is -0.443 e. The van der Waals surface area contributed by atoms with Crippen LogP contribution in [0.5, 0.6) is 0 Å². The monoisotopic (exact) mass is 479 g/mol. The maximum Gasteiger partial charge on any atom is 0.409 e. The fourth-order valence-corrected chi connectivity index (χ4v) is 3.71. The average molecular weight is 480 g/mol. The second kappa shape index (κ2) is 10.1. The van der Waals surface area contributed by atoms with E-state index < -0.39 is 17.7 Å². The molecule has 4 rings (SSSR count). The van der Waals surface area contributed by atoms with E-state index in [0.717, 1.165) is 16.5 Å². The number of nitrogens with one attached hydrogen (secondary N) is 2. The maximum absolute atomic E-state index is 12.9. The lowest BCUT2D eigenvalue weighted by Crippen LogP contribution is -2.50. The van der Waals surface area contributed by atoms with E-state index in [1.165, 1.54) is 4.90 Å². The molecule has 0 saturated heterocycles. The van der Waals surface area contributed by atoms with Gasteiger partial charge in [-0.25, -0.2) is 4.79 Å². The van der Waals surface area contributed by atoms with Crippen LogP contribution >= 0.6 is 0 Å². The third-order valence-electron chi connectivity index (χ3n) is 5.54. The van der Waals surface area contributed by atoms with Crippen LogP contribution in [0.2, 0.25) is 0 Å². The van der Waals surface area contributed by atoms with Crippen LogP contribution in [0.4, 0.5) is 4.79 Å². The Morgan fingerprint density at radius 2 is 1.91 bits per heavy atom. The molecule has 4 N–H and O–H groups in total. The summed E-state index contributed by atoms with van der Waals surface area (Å²) in [6, 6.07) is 12.9. The summed E-state index contributed by atoms with van der Waals surface area (Å²) in [6.45, 7) is 3.33. The Kier molecular flexibility index (Phi) is 7.45. The number of para-hydroxylation sites is 1. The lowest BCUT2D eigenvalue weighted by Gasteiger charge is -2.24. The van der Waals surface area contributed by atoms with Gasteiger partial charge in [-0.3, -0.25) is 9.20 Å². The van der Waals surface area contributed by atoms with Crippen LogP contribution < -0.4 is 11.1 Å². The molecular formula is C25H33N7O3. The van der Waals surface area contributed by atoms with Gasteiger partial charge in [0.2, 0.25) is 5.91 Å². The Labute approximate surface area is 204 Å². The number of ether oxygens (including phenoxy) is 1. The van der Waals surface area contributed by atoms with Gasteiger partial charge in [-0.2, -0.15) is 0 Å². The molecule has 10 nitrogen and oxygen atoms in total. The van der Waals surface area contributed by atoms with Gasteiger partial charge < -0.3 is 25.7 Å². The van der Waals surface area contributed by atoms with Crippen LogP contribution in [0, 0.1) is 0 Å².